The Morgan fingerprint density at radius 2 is 1.68 bits per heavy atom. The maximum atomic E-state index is 12.2. The predicted molar refractivity (Wildman–Crippen MR) is 118 cm³/mol. The molecule has 1 heterocycles. The zero-order valence-electron chi connectivity index (χ0n) is 15.9. The van der Waals surface area contributed by atoms with E-state index in [0.29, 0.717) is 11.4 Å². The Kier molecular flexibility index (Phi) is 7.34. The Labute approximate surface area is 186 Å². The normalized spacial score (nSPS) is 11.4. The van der Waals surface area contributed by atoms with Crippen molar-refractivity contribution in [1.29, 1.82) is 0 Å². The first kappa shape index (κ1) is 22.4. The number of hydrogen-bond acceptors (Lipinski definition) is 6. The molecule has 0 fully saturated rings. The van der Waals surface area contributed by atoms with E-state index >= 15 is 0 Å². The smallest absolute Gasteiger partial charge is 0.329 e. The van der Waals surface area contributed by atoms with Gasteiger partial charge in [-0.3, -0.25) is 9.59 Å². The first-order chi connectivity index (χ1) is 14.8. The van der Waals surface area contributed by atoms with Crippen LogP contribution in [0, 0.1) is 0 Å². The number of benzene rings is 2. The molecular formula is C20H17BrN4O5S. The average molecular weight is 505 g/mol. The molecule has 0 aliphatic heterocycles. The summed E-state index contributed by atoms with van der Waals surface area (Å²) in [5, 5.41) is 6.09. The highest BCUT2D eigenvalue weighted by Gasteiger charge is 2.14. The van der Waals surface area contributed by atoms with Crippen molar-refractivity contribution >= 4 is 49.7 Å². The zero-order chi connectivity index (χ0) is 22.3. The number of anilines is 1. The topological polar surface area (TPSA) is 130 Å². The molecule has 0 atom stereocenters. The molecule has 0 spiro atoms. The predicted octanol–water partition coefficient (Wildman–Crippen LogP) is 2.61. The number of halogens is 1. The molecule has 9 nitrogen and oxygen atoms in total. The van der Waals surface area contributed by atoms with E-state index in [-0.39, 0.29) is 17.2 Å². The molecule has 0 saturated heterocycles. The Morgan fingerprint density at radius 3 is 2.39 bits per heavy atom. The highest BCUT2D eigenvalue weighted by atomic mass is 79.9. The highest BCUT2D eigenvalue weighted by Crippen LogP contribution is 2.14. The quantitative estimate of drug-likeness (QED) is 0.258. The van der Waals surface area contributed by atoms with Crippen LogP contribution in [0.15, 0.2) is 85.6 Å². The second-order valence-electron chi connectivity index (χ2n) is 6.10. The summed E-state index contributed by atoms with van der Waals surface area (Å²) < 4.78 is 33.1. The third-order valence-corrected chi connectivity index (χ3v) is 5.78. The van der Waals surface area contributed by atoms with Gasteiger partial charge in [0.2, 0.25) is 10.0 Å². The summed E-state index contributed by atoms with van der Waals surface area (Å²) in [5.41, 5.74) is 2.55. The molecule has 31 heavy (non-hydrogen) atoms. The molecule has 1 aromatic heterocycles. The van der Waals surface area contributed by atoms with Gasteiger partial charge in [0.1, 0.15) is 11.5 Å². The van der Waals surface area contributed by atoms with Gasteiger partial charge in [-0.15, -0.1) is 0 Å². The number of nitrogens with one attached hydrogen (secondary N) is 3. The maximum Gasteiger partial charge on any atom is 0.329 e. The molecule has 0 bridgehead atoms. The Balaban J connectivity index is 1.49. The van der Waals surface area contributed by atoms with Gasteiger partial charge in [0, 0.05) is 10.2 Å². The van der Waals surface area contributed by atoms with Crippen molar-refractivity contribution in [2.24, 2.45) is 5.10 Å². The lowest BCUT2D eigenvalue weighted by atomic mass is 10.3. The van der Waals surface area contributed by atoms with E-state index < -0.39 is 21.8 Å². The van der Waals surface area contributed by atoms with Crippen LogP contribution in [0.25, 0.3) is 0 Å². The van der Waals surface area contributed by atoms with Gasteiger partial charge in [0.15, 0.2) is 0 Å². The van der Waals surface area contributed by atoms with E-state index in [2.05, 4.69) is 36.5 Å². The molecule has 160 valence electrons. The van der Waals surface area contributed by atoms with Crippen LogP contribution in [-0.4, -0.2) is 26.4 Å². The summed E-state index contributed by atoms with van der Waals surface area (Å²) in [6, 6.07) is 17.8. The third-order valence-electron chi connectivity index (χ3n) is 3.84. The Bertz CT molecular complexity index is 1190. The van der Waals surface area contributed by atoms with Crippen LogP contribution in [-0.2, 0) is 26.2 Å². The average Bonchev–Trinajstić information content (AvgIpc) is 3.22. The SMILES string of the molecule is O=C(N/N=C/c1ccc(CNS(=O)(=O)c2ccccc2)o1)C(=O)Nc1ccc(Br)cc1. The number of carbonyl (C=O) groups excluding carboxylic acids is 2. The monoisotopic (exact) mass is 504 g/mol. The first-order valence-electron chi connectivity index (χ1n) is 8.87. The van der Waals surface area contributed by atoms with Crippen LogP contribution in [0.1, 0.15) is 11.5 Å². The number of hydrogen-bond donors (Lipinski definition) is 3. The van der Waals surface area contributed by atoms with Crippen LogP contribution >= 0.6 is 15.9 Å². The van der Waals surface area contributed by atoms with Crippen molar-refractivity contribution in [3.8, 4) is 0 Å². The highest BCUT2D eigenvalue weighted by molar-refractivity contribution is 9.10. The van der Waals surface area contributed by atoms with Crippen LogP contribution in [0.5, 0.6) is 0 Å². The number of nitrogens with zero attached hydrogens (tertiary/aromatic N) is 1. The lowest BCUT2D eigenvalue weighted by Crippen LogP contribution is -2.32. The fourth-order valence-corrected chi connectivity index (χ4v) is 3.61. The largest absolute Gasteiger partial charge is 0.459 e. The fourth-order valence-electron chi connectivity index (χ4n) is 2.33. The van der Waals surface area contributed by atoms with Crippen LogP contribution in [0.3, 0.4) is 0 Å². The number of hydrazone groups is 1. The van der Waals surface area contributed by atoms with Crippen LogP contribution < -0.4 is 15.5 Å². The van der Waals surface area contributed by atoms with Crippen molar-refractivity contribution in [1.82, 2.24) is 10.1 Å². The minimum absolute atomic E-state index is 0.0625. The second kappa shape index (κ2) is 10.2. The molecule has 11 heteroatoms. The van der Waals surface area contributed by atoms with E-state index in [0.717, 1.165) is 4.47 Å². The first-order valence-corrected chi connectivity index (χ1v) is 11.1. The van der Waals surface area contributed by atoms with Gasteiger partial charge in [-0.2, -0.15) is 5.10 Å². The van der Waals surface area contributed by atoms with E-state index in [9.17, 15) is 18.0 Å². The molecule has 3 rings (SSSR count). The molecular weight excluding hydrogens is 488 g/mol. The summed E-state index contributed by atoms with van der Waals surface area (Å²) in [6.07, 6.45) is 1.19. The van der Waals surface area contributed by atoms with E-state index in [1.165, 1.54) is 18.3 Å². The van der Waals surface area contributed by atoms with Crippen molar-refractivity contribution < 1.29 is 22.4 Å². The van der Waals surface area contributed by atoms with Gasteiger partial charge in [-0.05, 0) is 48.5 Å². The second-order valence-corrected chi connectivity index (χ2v) is 8.78. The lowest BCUT2D eigenvalue weighted by molar-refractivity contribution is -0.136. The van der Waals surface area contributed by atoms with Gasteiger partial charge in [-0.1, -0.05) is 34.1 Å². The van der Waals surface area contributed by atoms with Crippen molar-refractivity contribution in [3.05, 3.63) is 82.7 Å². The van der Waals surface area contributed by atoms with Gasteiger partial charge >= 0.3 is 11.8 Å². The number of carbonyl (C=O) groups is 2. The van der Waals surface area contributed by atoms with Crippen molar-refractivity contribution in [2.75, 3.05) is 5.32 Å². The van der Waals surface area contributed by atoms with Gasteiger partial charge < -0.3 is 9.73 Å². The van der Waals surface area contributed by atoms with E-state index in [1.807, 2.05) is 0 Å². The van der Waals surface area contributed by atoms with Crippen LogP contribution in [0.4, 0.5) is 5.69 Å². The molecule has 3 aromatic rings. The third kappa shape index (κ3) is 6.60. The van der Waals surface area contributed by atoms with Crippen molar-refractivity contribution in [3.63, 3.8) is 0 Å². The van der Waals surface area contributed by atoms with Crippen molar-refractivity contribution in [2.45, 2.75) is 11.4 Å². The molecule has 0 radical (unpaired) electrons. The number of sulfonamides is 1. The molecule has 2 aromatic carbocycles. The molecule has 3 N–H and O–H groups in total. The Morgan fingerprint density at radius 1 is 0.968 bits per heavy atom. The van der Waals surface area contributed by atoms with Gasteiger partial charge in [0.25, 0.3) is 0 Å². The van der Waals surface area contributed by atoms with Gasteiger partial charge in [0.05, 0.1) is 17.7 Å². The maximum absolute atomic E-state index is 12.2. The molecule has 2 amide bonds. The van der Waals surface area contributed by atoms with Gasteiger partial charge in [-0.25, -0.2) is 18.6 Å². The number of furan rings is 1. The number of amides is 2. The summed E-state index contributed by atoms with van der Waals surface area (Å²) >= 11 is 3.27. The van der Waals surface area contributed by atoms with Crippen LogP contribution in [0.2, 0.25) is 0 Å². The van der Waals surface area contributed by atoms with E-state index in [1.54, 1.807) is 54.6 Å². The zero-order valence-corrected chi connectivity index (χ0v) is 18.3. The molecule has 0 aliphatic rings. The molecule has 0 aliphatic carbocycles. The summed E-state index contributed by atoms with van der Waals surface area (Å²) in [4.78, 5) is 23.8. The minimum Gasteiger partial charge on any atom is -0.459 e. The molecule has 0 unspecified atom stereocenters. The van der Waals surface area contributed by atoms with E-state index in [4.69, 9.17) is 4.42 Å². The Hall–Kier alpha value is -3.28. The standard InChI is InChI=1S/C20H17BrN4O5S/c21-14-6-8-15(9-7-14)24-19(26)20(27)25-22-12-16-10-11-17(30-16)13-23-31(28,29)18-4-2-1-3-5-18/h1-12,23H,13H2,(H,24,26)(H,25,27)/b22-12+. The summed E-state index contributed by atoms with van der Waals surface area (Å²) in [7, 11) is -3.66. The summed E-state index contributed by atoms with van der Waals surface area (Å²) in [6.45, 7) is -0.0625. The summed E-state index contributed by atoms with van der Waals surface area (Å²) in [5.74, 6) is -1.22. The minimum atomic E-state index is -3.66. The number of rotatable bonds is 7. The molecule has 0 saturated carbocycles. The lowest BCUT2D eigenvalue weighted by Gasteiger charge is -2.04. The fraction of sp³-hybridized carbons (Fsp3) is 0.0500.